The van der Waals surface area contributed by atoms with Crippen molar-refractivity contribution in [1.82, 2.24) is 4.90 Å². The molecule has 3 aromatic rings. The van der Waals surface area contributed by atoms with Crippen LogP contribution in [0.1, 0.15) is 72.3 Å². The number of carboxylic acid groups (broad SMARTS) is 1. The molecule has 7 rings (SSSR count). The average Bonchev–Trinajstić information content (AvgIpc) is 3.36. The van der Waals surface area contributed by atoms with Crippen LogP contribution in [0.5, 0.6) is 5.75 Å². The molecule has 0 radical (unpaired) electrons. The Bertz CT molecular complexity index is 1940. The van der Waals surface area contributed by atoms with E-state index in [-0.39, 0.29) is 48.5 Å². The number of allylic oxidation sites excluding steroid dienone is 4. The van der Waals surface area contributed by atoms with Crippen molar-refractivity contribution >= 4 is 34.9 Å². The summed E-state index contributed by atoms with van der Waals surface area (Å²) >= 11 is 0. The first kappa shape index (κ1) is 33.4. The van der Waals surface area contributed by atoms with E-state index >= 15 is 4.79 Å². The molecular weight excluding hydrogens is 630 g/mol. The smallest absolute Gasteiger partial charge is 0.303 e. The van der Waals surface area contributed by atoms with Crippen LogP contribution >= 0.6 is 0 Å². The number of hydrogen-bond acceptors (Lipinski definition) is 6. The van der Waals surface area contributed by atoms with Gasteiger partial charge in [-0.05, 0) is 79.3 Å². The van der Waals surface area contributed by atoms with Gasteiger partial charge in [0, 0.05) is 30.4 Å². The Balaban J connectivity index is 1.39. The molecule has 1 saturated heterocycles. The van der Waals surface area contributed by atoms with Crippen LogP contribution in [0, 0.1) is 37.5 Å². The predicted molar refractivity (Wildman–Crippen MR) is 187 cm³/mol. The van der Waals surface area contributed by atoms with Gasteiger partial charge in [-0.15, -0.1) is 0 Å². The van der Waals surface area contributed by atoms with E-state index in [2.05, 4.69) is 0 Å². The minimum Gasteiger partial charge on any atom is -0.507 e. The normalized spacial score (nSPS) is 27.3. The number of Topliss-reactive ketones (excluding diaryl/α,β-unsaturated/α-hetero) is 1. The summed E-state index contributed by atoms with van der Waals surface area (Å²) in [7, 11) is 0. The van der Waals surface area contributed by atoms with Gasteiger partial charge in [-0.1, -0.05) is 90.9 Å². The number of fused-ring (bicyclic) bond motifs is 4. The monoisotopic (exact) mass is 671 g/mol. The van der Waals surface area contributed by atoms with E-state index in [0.717, 1.165) is 16.7 Å². The molecule has 3 aliphatic carbocycles. The number of carbonyl (C=O) groups is 5. The molecule has 2 amide bonds. The van der Waals surface area contributed by atoms with Gasteiger partial charge >= 0.3 is 5.97 Å². The number of aromatic hydroxyl groups is 1. The number of hydrogen-bond donors (Lipinski definition) is 2. The van der Waals surface area contributed by atoms with E-state index in [9.17, 15) is 24.3 Å². The zero-order chi connectivity index (χ0) is 35.3. The summed E-state index contributed by atoms with van der Waals surface area (Å²) in [6.07, 6.45) is 5.73. The lowest BCUT2D eigenvalue weighted by Crippen LogP contribution is -2.58. The summed E-state index contributed by atoms with van der Waals surface area (Å²) in [5.74, 6) is -4.70. The molecule has 3 aromatic carbocycles. The van der Waals surface area contributed by atoms with Gasteiger partial charge in [-0.25, -0.2) is 0 Å². The summed E-state index contributed by atoms with van der Waals surface area (Å²) in [5.41, 5.74) is 3.36. The van der Waals surface area contributed by atoms with Gasteiger partial charge in [0.25, 0.3) is 0 Å². The lowest BCUT2D eigenvalue weighted by atomic mass is 9.44. The van der Waals surface area contributed by atoms with Crippen molar-refractivity contribution in [2.45, 2.75) is 63.7 Å². The van der Waals surface area contributed by atoms with Crippen LogP contribution in [0.25, 0.3) is 5.57 Å². The Kier molecular flexibility index (Phi) is 8.66. The predicted octanol–water partition coefficient (Wildman–Crippen LogP) is 6.48. The van der Waals surface area contributed by atoms with Gasteiger partial charge in [-0.3, -0.25) is 28.9 Å². The van der Waals surface area contributed by atoms with E-state index in [1.54, 1.807) is 0 Å². The molecule has 6 unspecified atom stereocenters. The van der Waals surface area contributed by atoms with Gasteiger partial charge in [0.2, 0.25) is 11.8 Å². The highest BCUT2D eigenvalue weighted by molar-refractivity contribution is 6.31. The quantitative estimate of drug-likeness (QED) is 0.151. The molecule has 6 atom stereocenters. The van der Waals surface area contributed by atoms with Crippen molar-refractivity contribution in [3.05, 3.63) is 118 Å². The van der Waals surface area contributed by atoms with E-state index in [1.807, 2.05) is 92.7 Å². The first-order valence-electron chi connectivity index (χ1n) is 17.5. The molecule has 1 aliphatic heterocycles. The molecule has 50 heavy (non-hydrogen) atoms. The lowest BCUT2D eigenvalue weighted by molar-refractivity contribution is -0.141. The maximum Gasteiger partial charge on any atom is 0.303 e. The number of phenols is 1. The Labute approximate surface area is 291 Å². The minimum atomic E-state index is -1.32. The number of imide groups is 1. The third kappa shape index (κ3) is 5.24. The molecule has 8 heteroatoms. The summed E-state index contributed by atoms with van der Waals surface area (Å²) in [5, 5.41) is 19.8. The molecule has 1 saturated carbocycles. The highest BCUT2D eigenvalue weighted by atomic mass is 16.4. The summed E-state index contributed by atoms with van der Waals surface area (Å²) in [4.78, 5) is 70.6. The minimum absolute atomic E-state index is 0.0385. The van der Waals surface area contributed by atoms with Gasteiger partial charge in [-0.2, -0.15) is 0 Å². The third-order valence-corrected chi connectivity index (χ3v) is 11.6. The fourth-order valence-corrected chi connectivity index (χ4v) is 9.41. The van der Waals surface area contributed by atoms with Gasteiger partial charge < -0.3 is 10.2 Å². The Morgan fingerprint density at radius 3 is 2.18 bits per heavy atom. The Hall–Kier alpha value is -5.11. The fraction of sp³-hybridized carbons (Fsp3) is 0.357. The first-order chi connectivity index (χ1) is 24.0. The number of carbonyl (C=O) groups excluding carboxylic acids is 4. The number of amides is 2. The van der Waals surface area contributed by atoms with Crippen molar-refractivity contribution in [2.75, 3.05) is 6.54 Å². The van der Waals surface area contributed by atoms with Crippen molar-refractivity contribution in [1.29, 1.82) is 0 Å². The summed E-state index contributed by atoms with van der Waals surface area (Å²) in [6, 6.07) is 22.4. The van der Waals surface area contributed by atoms with Crippen LogP contribution in [-0.4, -0.2) is 51.0 Å². The number of aliphatic carboxylic acids is 1. The van der Waals surface area contributed by atoms with Crippen molar-refractivity contribution in [3.8, 4) is 5.75 Å². The lowest BCUT2D eigenvalue weighted by Gasteiger charge is -2.55. The van der Waals surface area contributed by atoms with Crippen LogP contribution in [0.3, 0.4) is 0 Å². The van der Waals surface area contributed by atoms with Crippen LogP contribution in [0.4, 0.5) is 0 Å². The maximum absolute atomic E-state index is 15.1. The fourth-order valence-electron chi connectivity index (χ4n) is 9.41. The first-order valence-corrected chi connectivity index (χ1v) is 17.5. The summed E-state index contributed by atoms with van der Waals surface area (Å²) < 4.78 is 0. The second kappa shape index (κ2) is 13.0. The van der Waals surface area contributed by atoms with Crippen molar-refractivity contribution in [3.63, 3.8) is 0 Å². The zero-order valence-corrected chi connectivity index (χ0v) is 28.3. The number of nitrogens with zero attached hydrogens (tertiary/aromatic N) is 1. The molecule has 256 valence electrons. The second-order valence-electron chi connectivity index (χ2n) is 14.3. The highest BCUT2D eigenvalue weighted by Gasteiger charge is 2.65. The van der Waals surface area contributed by atoms with Crippen LogP contribution < -0.4 is 0 Å². The molecule has 8 nitrogen and oxygen atoms in total. The number of ketones is 2. The van der Waals surface area contributed by atoms with Gasteiger partial charge in [0.15, 0.2) is 11.6 Å². The second-order valence-corrected chi connectivity index (χ2v) is 14.3. The molecule has 1 heterocycles. The number of rotatable bonds is 9. The number of phenolic OH excluding ortho intramolecular Hbond substituents is 1. The van der Waals surface area contributed by atoms with Crippen molar-refractivity contribution < 1.29 is 34.2 Å². The van der Waals surface area contributed by atoms with Gasteiger partial charge in [0.05, 0.1) is 17.3 Å². The van der Waals surface area contributed by atoms with Crippen LogP contribution in [-0.2, 0) is 29.4 Å². The largest absolute Gasteiger partial charge is 0.507 e. The molecule has 0 spiro atoms. The molecule has 0 aromatic heterocycles. The maximum atomic E-state index is 15.1. The number of benzene rings is 3. The van der Waals surface area contributed by atoms with E-state index < -0.39 is 41.0 Å². The topological polar surface area (TPSA) is 129 Å². The third-order valence-electron chi connectivity index (χ3n) is 11.6. The summed E-state index contributed by atoms with van der Waals surface area (Å²) in [6.45, 7) is 3.86. The number of unbranched alkanes of at least 4 members (excludes halogenated alkanes) is 2. The van der Waals surface area contributed by atoms with Gasteiger partial charge in [0.1, 0.15) is 5.75 Å². The molecule has 4 aliphatic rings. The number of carboxylic acids is 1. The highest BCUT2D eigenvalue weighted by Crippen LogP contribution is 2.63. The standard InChI is InChI=1S/C42H41NO7/c1-24-20-27(21-25(2)38(24)47)37-29-17-18-30-36(41(50)43(40(30)49)19-11-5-10-16-35(45)46)32(29)22-33-39(48)31(26-12-6-3-7-13-26)23-34(44)42(33,37)28-14-8-4-9-15-28/h3-4,6-9,12-15,17,20-21,23,30,32-33,36-37,47H,5,10-11,16,18-19,22H2,1-2H3,(H,45,46). The van der Waals surface area contributed by atoms with E-state index in [1.165, 1.54) is 11.0 Å². The van der Waals surface area contributed by atoms with Crippen LogP contribution in [0.15, 0.2) is 90.5 Å². The molecular formula is C42H41NO7. The van der Waals surface area contributed by atoms with E-state index in [4.69, 9.17) is 5.11 Å². The van der Waals surface area contributed by atoms with Crippen molar-refractivity contribution in [2.24, 2.45) is 23.7 Å². The zero-order valence-electron chi connectivity index (χ0n) is 28.3. The number of likely N-dealkylation sites (tertiary alicyclic amines) is 1. The average molecular weight is 672 g/mol. The molecule has 2 fully saturated rings. The van der Waals surface area contributed by atoms with Crippen LogP contribution in [0.2, 0.25) is 0 Å². The molecule has 0 bridgehead atoms. The Morgan fingerprint density at radius 2 is 1.52 bits per heavy atom. The molecule has 2 N–H and O–H groups in total. The Morgan fingerprint density at radius 1 is 0.860 bits per heavy atom. The van der Waals surface area contributed by atoms with E-state index in [0.29, 0.717) is 47.9 Å². The number of aryl methyl sites for hydroxylation is 2. The SMILES string of the molecule is Cc1cc(C2C3=CCC4C(=O)N(CCCCCC(=O)O)C(=O)C4C3CC3C(=O)C(c4ccccc4)=CC(=O)C32c2ccccc2)cc(C)c1O.